The lowest BCUT2D eigenvalue weighted by Crippen LogP contribution is -2.42. The predicted molar refractivity (Wildman–Crippen MR) is 149 cm³/mol. The minimum atomic E-state index is -0.364. The van der Waals surface area contributed by atoms with Crippen molar-refractivity contribution in [3.05, 3.63) is 60.5 Å². The first-order chi connectivity index (χ1) is 18.9. The molecule has 1 amide bonds. The van der Waals surface area contributed by atoms with E-state index in [0.29, 0.717) is 35.3 Å². The number of aromatic nitrogens is 4. The number of hydrogen-bond donors (Lipinski definition) is 3. The van der Waals surface area contributed by atoms with Crippen LogP contribution in [-0.4, -0.2) is 64.1 Å². The molecule has 1 saturated carbocycles. The van der Waals surface area contributed by atoms with Crippen LogP contribution in [0.5, 0.6) is 5.75 Å². The van der Waals surface area contributed by atoms with Crippen LogP contribution in [-0.2, 0) is 4.79 Å². The van der Waals surface area contributed by atoms with Gasteiger partial charge in [0.15, 0.2) is 5.65 Å². The number of benzene rings is 2. The van der Waals surface area contributed by atoms with Crippen LogP contribution in [0.2, 0.25) is 0 Å². The monoisotopic (exact) mass is 532 g/mol. The fraction of sp³-hybridized carbons (Fsp3) is 0.357. The van der Waals surface area contributed by atoms with Crippen molar-refractivity contribution in [1.82, 2.24) is 29.7 Å². The third-order valence-electron chi connectivity index (χ3n) is 6.79. The number of imidazole rings is 1. The SMILES string of the molecule is COc1ccc(Nc2ncc3nc(Nc4ccccc4F)n([C@H]4CC[C@H](NC(=O)CN(C)C)CC4)c3n2)cc1. The molecule has 0 bridgehead atoms. The summed E-state index contributed by atoms with van der Waals surface area (Å²) in [6.45, 7) is 0.365. The van der Waals surface area contributed by atoms with Gasteiger partial charge in [0.2, 0.25) is 17.8 Å². The normalized spacial score (nSPS) is 17.3. The second kappa shape index (κ2) is 11.6. The molecule has 0 radical (unpaired) electrons. The maximum absolute atomic E-state index is 14.5. The molecule has 11 heteroatoms. The van der Waals surface area contributed by atoms with Crippen LogP contribution >= 0.6 is 0 Å². The van der Waals surface area contributed by atoms with Gasteiger partial charge in [-0.15, -0.1) is 0 Å². The van der Waals surface area contributed by atoms with E-state index in [4.69, 9.17) is 14.7 Å². The van der Waals surface area contributed by atoms with E-state index in [0.717, 1.165) is 37.1 Å². The topological polar surface area (TPSA) is 109 Å². The van der Waals surface area contributed by atoms with Gasteiger partial charge in [0, 0.05) is 17.8 Å². The number of nitrogens with one attached hydrogen (secondary N) is 3. The predicted octanol–water partition coefficient (Wildman–Crippen LogP) is 4.62. The molecule has 0 aliphatic heterocycles. The highest BCUT2D eigenvalue weighted by Gasteiger charge is 2.28. The molecule has 1 fully saturated rings. The van der Waals surface area contributed by atoms with E-state index in [1.54, 1.807) is 31.5 Å². The van der Waals surface area contributed by atoms with Crippen LogP contribution in [0.15, 0.2) is 54.7 Å². The number of para-hydroxylation sites is 1. The van der Waals surface area contributed by atoms with Crippen molar-refractivity contribution >= 4 is 40.3 Å². The zero-order valence-electron chi connectivity index (χ0n) is 22.3. The van der Waals surface area contributed by atoms with E-state index >= 15 is 0 Å². The van der Waals surface area contributed by atoms with E-state index in [1.165, 1.54) is 6.07 Å². The molecule has 0 saturated heterocycles. The number of halogens is 1. The fourth-order valence-corrected chi connectivity index (χ4v) is 4.91. The Morgan fingerprint density at radius 3 is 2.49 bits per heavy atom. The molecule has 2 aromatic heterocycles. The quantitative estimate of drug-likeness (QED) is 0.287. The second-order valence-electron chi connectivity index (χ2n) is 9.98. The molecule has 4 aromatic rings. The Hall–Kier alpha value is -4.25. The van der Waals surface area contributed by atoms with Crippen molar-refractivity contribution in [3.8, 4) is 5.75 Å². The van der Waals surface area contributed by atoms with Crippen LogP contribution in [0.4, 0.5) is 27.7 Å². The van der Waals surface area contributed by atoms with Crippen LogP contribution in [0.3, 0.4) is 0 Å². The smallest absolute Gasteiger partial charge is 0.234 e. The molecule has 1 aliphatic carbocycles. The van der Waals surface area contributed by atoms with Crippen molar-refractivity contribution in [3.63, 3.8) is 0 Å². The molecule has 10 nitrogen and oxygen atoms in total. The molecular formula is C28H33FN8O2. The number of likely N-dealkylation sites (N-methyl/N-ethyl adjacent to an activating group) is 1. The number of carbonyl (C=O) groups is 1. The van der Waals surface area contributed by atoms with Crippen molar-refractivity contribution in [1.29, 1.82) is 0 Å². The highest BCUT2D eigenvalue weighted by atomic mass is 19.1. The van der Waals surface area contributed by atoms with Crippen molar-refractivity contribution in [2.24, 2.45) is 0 Å². The number of hydrogen-bond acceptors (Lipinski definition) is 8. The summed E-state index contributed by atoms with van der Waals surface area (Å²) in [5.41, 5.74) is 2.42. The lowest BCUT2D eigenvalue weighted by molar-refractivity contribution is -0.122. The number of carbonyl (C=O) groups excluding carboxylic acids is 1. The zero-order chi connectivity index (χ0) is 27.4. The van der Waals surface area contributed by atoms with Gasteiger partial charge in [-0.3, -0.25) is 9.36 Å². The van der Waals surface area contributed by atoms with Crippen molar-refractivity contribution in [2.75, 3.05) is 38.4 Å². The van der Waals surface area contributed by atoms with Gasteiger partial charge in [0.25, 0.3) is 0 Å². The highest BCUT2D eigenvalue weighted by molar-refractivity contribution is 5.78. The van der Waals surface area contributed by atoms with E-state index in [-0.39, 0.29) is 23.8 Å². The lowest BCUT2D eigenvalue weighted by atomic mass is 9.91. The van der Waals surface area contributed by atoms with Gasteiger partial charge >= 0.3 is 0 Å². The third kappa shape index (κ3) is 6.26. The average molecular weight is 533 g/mol. The van der Waals surface area contributed by atoms with Gasteiger partial charge in [-0.05, 0) is 76.2 Å². The third-order valence-corrected chi connectivity index (χ3v) is 6.79. The Morgan fingerprint density at radius 2 is 1.79 bits per heavy atom. The van der Waals surface area contributed by atoms with Crippen LogP contribution in [0.1, 0.15) is 31.7 Å². The Kier molecular flexibility index (Phi) is 7.87. The summed E-state index contributed by atoms with van der Waals surface area (Å²) in [5.74, 6) is 1.35. The minimum absolute atomic E-state index is 0.0282. The summed E-state index contributed by atoms with van der Waals surface area (Å²) in [5, 5.41) is 9.56. The maximum Gasteiger partial charge on any atom is 0.234 e. The molecule has 39 heavy (non-hydrogen) atoms. The van der Waals surface area contributed by atoms with Gasteiger partial charge in [0.1, 0.15) is 17.1 Å². The number of amides is 1. The largest absolute Gasteiger partial charge is 0.497 e. The van der Waals surface area contributed by atoms with Crippen molar-refractivity contribution in [2.45, 2.75) is 37.8 Å². The summed E-state index contributed by atoms with van der Waals surface area (Å²) >= 11 is 0. The number of anilines is 4. The molecule has 2 aromatic carbocycles. The number of rotatable bonds is 9. The minimum Gasteiger partial charge on any atom is -0.497 e. The first kappa shape index (κ1) is 26.4. The zero-order valence-corrected chi connectivity index (χ0v) is 22.3. The molecule has 1 aliphatic rings. The maximum atomic E-state index is 14.5. The summed E-state index contributed by atoms with van der Waals surface area (Å²) in [4.78, 5) is 28.1. The molecule has 0 unspecified atom stereocenters. The number of nitrogens with zero attached hydrogens (tertiary/aromatic N) is 5. The number of ether oxygens (including phenoxy) is 1. The van der Waals surface area contributed by atoms with E-state index in [2.05, 4.69) is 20.9 Å². The molecule has 3 N–H and O–H groups in total. The second-order valence-corrected chi connectivity index (χ2v) is 9.98. The van der Waals surface area contributed by atoms with Gasteiger partial charge in [-0.1, -0.05) is 12.1 Å². The van der Waals surface area contributed by atoms with E-state index in [9.17, 15) is 9.18 Å². The molecular weight excluding hydrogens is 499 g/mol. The Labute approximate surface area is 226 Å². The summed E-state index contributed by atoms with van der Waals surface area (Å²) in [7, 11) is 5.38. The fourth-order valence-electron chi connectivity index (χ4n) is 4.91. The average Bonchev–Trinajstić information content (AvgIpc) is 3.27. The van der Waals surface area contributed by atoms with Gasteiger partial charge in [-0.2, -0.15) is 4.98 Å². The standard InChI is InChI=1S/C28H33FN8O2/c1-36(2)17-25(38)31-18-8-12-20(13-9-18)37-26-24(34-28(37)33-23-7-5-4-6-22(23)29)16-30-27(35-26)32-19-10-14-21(39-3)15-11-19/h4-7,10-11,14-16,18,20H,8-9,12-13,17H2,1-3H3,(H,31,38)(H,33,34)(H,30,32,35)/t18-,20-. The first-order valence-corrected chi connectivity index (χ1v) is 13.0. The van der Waals surface area contributed by atoms with Gasteiger partial charge < -0.3 is 25.6 Å². The summed E-state index contributed by atoms with van der Waals surface area (Å²) < 4.78 is 21.8. The summed E-state index contributed by atoms with van der Waals surface area (Å²) in [6.07, 6.45) is 4.95. The first-order valence-electron chi connectivity index (χ1n) is 13.0. The summed E-state index contributed by atoms with van der Waals surface area (Å²) in [6, 6.07) is 14.2. The van der Waals surface area contributed by atoms with E-state index < -0.39 is 0 Å². The molecule has 2 heterocycles. The van der Waals surface area contributed by atoms with Crippen LogP contribution < -0.4 is 20.7 Å². The van der Waals surface area contributed by atoms with E-state index in [1.807, 2.05) is 47.8 Å². The molecule has 204 valence electrons. The van der Waals surface area contributed by atoms with Crippen LogP contribution in [0, 0.1) is 5.82 Å². The van der Waals surface area contributed by atoms with Crippen LogP contribution in [0.25, 0.3) is 11.2 Å². The highest BCUT2D eigenvalue weighted by Crippen LogP contribution is 2.35. The Morgan fingerprint density at radius 1 is 1.05 bits per heavy atom. The Bertz CT molecular complexity index is 1430. The van der Waals surface area contributed by atoms with Crippen molar-refractivity contribution < 1.29 is 13.9 Å². The van der Waals surface area contributed by atoms with Gasteiger partial charge in [0.05, 0.1) is 25.5 Å². The molecule has 0 spiro atoms. The number of methoxy groups -OCH3 is 1. The number of fused-ring (bicyclic) bond motifs is 1. The molecule has 0 atom stereocenters. The Balaban J connectivity index is 1.43. The molecule has 5 rings (SSSR count). The lowest BCUT2D eigenvalue weighted by Gasteiger charge is -2.31. The van der Waals surface area contributed by atoms with Gasteiger partial charge in [-0.25, -0.2) is 14.4 Å².